The lowest BCUT2D eigenvalue weighted by Crippen LogP contribution is -2.07. The van der Waals surface area contributed by atoms with E-state index in [0.717, 1.165) is 13.0 Å². The number of halogens is 1. The highest BCUT2D eigenvalue weighted by Gasteiger charge is 2.30. The molecule has 0 amide bonds. The van der Waals surface area contributed by atoms with E-state index >= 15 is 0 Å². The van der Waals surface area contributed by atoms with Gasteiger partial charge < -0.3 is 4.74 Å². The minimum Gasteiger partial charge on any atom is -0.378 e. The number of hydrogen-bond acceptors (Lipinski definition) is 2. The molecule has 0 bridgehead atoms. The predicted molar refractivity (Wildman–Crippen MR) is 77.0 cm³/mol. The Kier molecular flexibility index (Phi) is 3.24. The molecule has 1 fully saturated rings. The average molecular weight is 311 g/mol. The van der Waals surface area contributed by atoms with Crippen LogP contribution < -0.4 is 0 Å². The zero-order chi connectivity index (χ0) is 11.8. The zero-order valence-corrected chi connectivity index (χ0v) is 12.1. The molecule has 3 heteroatoms. The van der Waals surface area contributed by atoms with Gasteiger partial charge in [0, 0.05) is 15.4 Å². The topological polar surface area (TPSA) is 9.23 Å². The number of alkyl halides is 1. The van der Waals surface area contributed by atoms with Crippen molar-refractivity contribution in [2.24, 2.45) is 5.92 Å². The largest absolute Gasteiger partial charge is 0.378 e. The molecule has 1 aromatic carbocycles. The number of fused-ring (bicyclic) bond motifs is 1. The minimum absolute atomic E-state index is 0.407. The third-order valence-corrected chi connectivity index (χ3v) is 5.67. The van der Waals surface area contributed by atoms with Crippen molar-refractivity contribution < 1.29 is 4.74 Å². The van der Waals surface area contributed by atoms with Gasteiger partial charge in [0.25, 0.3) is 0 Å². The van der Waals surface area contributed by atoms with Crippen molar-refractivity contribution in [3.63, 3.8) is 0 Å². The summed E-state index contributed by atoms with van der Waals surface area (Å²) in [6.45, 7) is 3.03. The monoisotopic (exact) mass is 310 g/mol. The fourth-order valence-electron chi connectivity index (χ4n) is 2.52. The first-order valence-electron chi connectivity index (χ1n) is 5.97. The Hall–Kier alpha value is -0.380. The van der Waals surface area contributed by atoms with Crippen molar-refractivity contribution in [1.29, 1.82) is 0 Å². The lowest BCUT2D eigenvalue weighted by Gasteiger charge is -2.15. The van der Waals surface area contributed by atoms with Crippen LogP contribution in [0.3, 0.4) is 0 Å². The molecule has 2 heterocycles. The first-order valence-corrected chi connectivity index (χ1v) is 7.77. The molecule has 0 aliphatic carbocycles. The van der Waals surface area contributed by atoms with Crippen LogP contribution in [0.25, 0.3) is 10.1 Å². The number of rotatable bonds is 2. The number of ether oxygens (including phenoxy) is 1. The third kappa shape index (κ3) is 2.16. The molecular formula is C14H15BrOS. The maximum absolute atomic E-state index is 5.67. The summed E-state index contributed by atoms with van der Waals surface area (Å²) < 4.78 is 7.04. The van der Waals surface area contributed by atoms with Gasteiger partial charge in [0.15, 0.2) is 0 Å². The van der Waals surface area contributed by atoms with E-state index in [9.17, 15) is 0 Å². The Morgan fingerprint density at radius 2 is 2.24 bits per heavy atom. The second-order valence-corrected chi connectivity index (χ2v) is 6.63. The van der Waals surface area contributed by atoms with Gasteiger partial charge in [-0.1, -0.05) is 34.1 Å². The van der Waals surface area contributed by atoms with Crippen LogP contribution in [0, 0.1) is 5.92 Å². The predicted octanol–water partition coefficient (Wildman–Crippen LogP) is 4.76. The molecule has 3 unspecified atom stereocenters. The van der Waals surface area contributed by atoms with E-state index in [2.05, 4.69) is 52.5 Å². The fourth-order valence-corrected chi connectivity index (χ4v) is 4.44. The van der Waals surface area contributed by atoms with Gasteiger partial charge in [-0.15, -0.1) is 11.3 Å². The van der Waals surface area contributed by atoms with Crippen molar-refractivity contribution in [2.45, 2.75) is 24.3 Å². The molecule has 1 saturated heterocycles. The van der Waals surface area contributed by atoms with Crippen LogP contribution in [0.5, 0.6) is 0 Å². The number of thiophene rings is 1. The van der Waals surface area contributed by atoms with Gasteiger partial charge >= 0.3 is 0 Å². The fraction of sp³-hybridized carbons (Fsp3) is 0.429. The van der Waals surface area contributed by atoms with Crippen molar-refractivity contribution in [3.8, 4) is 0 Å². The van der Waals surface area contributed by atoms with E-state index in [1.54, 1.807) is 0 Å². The van der Waals surface area contributed by atoms with Crippen LogP contribution in [0.2, 0.25) is 0 Å². The Bertz CT molecular complexity index is 522. The molecule has 17 heavy (non-hydrogen) atoms. The molecule has 2 aromatic rings. The van der Waals surface area contributed by atoms with Crippen molar-refractivity contribution >= 4 is 37.4 Å². The summed E-state index contributed by atoms with van der Waals surface area (Å²) in [5, 5.41) is 3.67. The molecule has 1 aliphatic heterocycles. The molecule has 3 rings (SSSR count). The SMILES string of the molecule is CC1CC(C(Br)c2csc3ccccc23)CO1. The second-order valence-electron chi connectivity index (χ2n) is 4.73. The second kappa shape index (κ2) is 4.71. The highest BCUT2D eigenvalue weighted by atomic mass is 79.9. The lowest BCUT2D eigenvalue weighted by atomic mass is 9.96. The first kappa shape index (κ1) is 11.7. The van der Waals surface area contributed by atoms with E-state index in [4.69, 9.17) is 4.74 Å². The average Bonchev–Trinajstić information content (AvgIpc) is 2.94. The maximum Gasteiger partial charge on any atom is 0.0551 e. The normalized spacial score (nSPS) is 26.5. The van der Waals surface area contributed by atoms with E-state index in [-0.39, 0.29) is 0 Å². The Morgan fingerprint density at radius 3 is 3.00 bits per heavy atom. The van der Waals surface area contributed by atoms with Crippen LogP contribution in [-0.4, -0.2) is 12.7 Å². The number of hydrogen-bond donors (Lipinski definition) is 0. The molecule has 1 aromatic heterocycles. The summed E-state index contributed by atoms with van der Waals surface area (Å²) in [4.78, 5) is 0.420. The quantitative estimate of drug-likeness (QED) is 0.726. The third-order valence-electron chi connectivity index (χ3n) is 3.45. The van der Waals surface area contributed by atoms with Crippen molar-refractivity contribution in [2.75, 3.05) is 6.61 Å². The molecule has 90 valence electrons. The maximum atomic E-state index is 5.67. The van der Waals surface area contributed by atoms with E-state index in [1.165, 1.54) is 15.6 Å². The Morgan fingerprint density at radius 1 is 1.41 bits per heavy atom. The lowest BCUT2D eigenvalue weighted by molar-refractivity contribution is 0.120. The van der Waals surface area contributed by atoms with Gasteiger partial charge in [-0.3, -0.25) is 0 Å². The van der Waals surface area contributed by atoms with E-state index in [1.807, 2.05) is 11.3 Å². The molecular weight excluding hydrogens is 296 g/mol. The van der Waals surface area contributed by atoms with Crippen LogP contribution >= 0.6 is 27.3 Å². The summed E-state index contributed by atoms with van der Waals surface area (Å²) in [5.74, 6) is 0.600. The van der Waals surface area contributed by atoms with Crippen LogP contribution in [0.4, 0.5) is 0 Å². The molecule has 3 atom stereocenters. The molecule has 0 saturated carbocycles. The summed E-state index contributed by atoms with van der Waals surface area (Å²) in [7, 11) is 0. The smallest absolute Gasteiger partial charge is 0.0551 e. The van der Waals surface area contributed by atoms with Gasteiger partial charge in [0.2, 0.25) is 0 Å². The Balaban J connectivity index is 1.93. The van der Waals surface area contributed by atoms with Crippen LogP contribution in [-0.2, 0) is 4.74 Å². The van der Waals surface area contributed by atoms with Crippen molar-refractivity contribution in [1.82, 2.24) is 0 Å². The molecule has 0 spiro atoms. The Labute approximate surface area is 114 Å². The van der Waals surface area contributed by atoms with Crippen LogP contribution in [0.15, 0.2) is 29.6 Å². The first-order chi connectivity index (χ1) is 8.25. The van der Waals surface area contributed by atoms with Crippen LogP contribution in [0.1, 0.15) is 23.7 Å². The van der Waals surface area contributed by atoms with Gasteiger partial charge in [0.1, 0.15) is 0 Å². The van der Waals surface area contributed by atoms with Gasteiger partial charge in [-0.05, 0) is 35.7 Å². The van der Waals surface area contributed by atoms with Gasteiger partial charge in [0.05, 0.1) is 12.7 Å². The number of benzene rings is 1. The molecule has 1 aliphatic rings. The van der Waals surface area contributed by atoms with Crippen molar-refractivity contribution in [3.05, 3.63) is 35.2 Å². The van der Waals surface area contributed by atoms with E-state index in [0.29, 0.717) is 16.8 Å². The summed E-state index contributed by atoms with van der Waals surface area (Å²) in [6.07, 6.45) is 1.56. The standard InChI is InChI=1S/C14H15BrOS/c1-9-6-10(7-16-9)14(15)12-8-17-13-5-3-2-4-11(12)13/h2-5,8-10,14H,6-7H2,1H3. The highest BCUT2D eigenvalue weighted by molar-refractivity contribution is 9.09. The minimum atomic E-state index is 0.407. The summed E-state index contributed by atoms with van der Waals surface area (Å²) >= 11 is 5.70. The molecule has 0 radical (unpaired) electrons. The zero-order valence-electron chi connectivity index (χ0n) is 9.73. The van der Waals surface area contributed by atoms with E-state index < -0.39 is 0 Å². The summed E-state index contributed by atoms with van der Waals surface area (Å²) in [5.41, 5.74) is 1.42. The molecule has 1 nitrogen and oxygen atoms in total. The highest BCUT2D eigenvalue weighted by Crippen LogP contribution is 2.42. The van der Waals surface area contributed by atoms with Gasteiger partial charge in [-0.2, -0.15) is 0 Å². The molecule has 0 N–H and O–H groups in total. The summed E-state index contributed by atoms with van der Waals surface area (Å²) in [6, 6.07) is 8.63. The van der Waals surface area contributed by atoms with Gasteiger partial charge in [-0.25, -0.2) is 0 Å².